The minimum Gasteiger partial charge on any atom is -0.301 e. The Hall–Kier alpha value is -3.03. The van der Waals surface area contributed by atoms with Gasteiger partial charge in [0.05, 0.1) is 17.1 Å². The summed E-state index contributed by atoms with van der Waals surface area (Å²) in [4.78, 5) is 16.2. The number of amides is 1. The predicted octanol–water partition coefficient (Wildman–Crippen LogP) is 5.31. The van der Waals surface area contributed by atoms with Gasteiger partial charge in [0.2, 0.25) is 5.91 Å². The van der Waals surface area contributed by atoms with Crippen LogP contribution in [0.3, 0.4) is 0 Å². The highest BCUT2D eigenvalue weighted by molar-refractivity contribution is 7.99. The highest BCUT2D eigenvalue weighted by atomic mass is 32.2. The fraction of sp³-hybridized carbons (Fsp3) is 0.0909. The maximum absolute atomic E-state index is 12.0. The molecule has 4 aromatic rings. The van der Waals surface area contributed by atoms with Gasteiger partial charge in [-0.15, -0.1) is 21.5 Å². The smallest absolute Gasteiger partial charge is 0.236 e. The van der Waals surface area contributed by atoms with Crippen LogP contribution in [0.4, 0.5) is 5.13 Å². The number of nitrogens with zero attached hydrogens (tertiary/aromatic N) is 3. The number of aryl methyl sites for hydroxylation is 1. The van der Waals surface area contributed by atoms with Crippen LogP contribution in [0.25, 0.3) is 22.4 Å². The molecule has 0 aliphatic carbocycles. The Kier molecular flexibility index (Phi) is 5.97. The average molecular weight is 419 g/mol. The Labute approximate surface area is 177 Å². The summed E-state index contributed by atoms with van der Waals surface area (Å²) < 4.78 is 0. The number of anilines is 1. The fourth-order valence-electron chi connectivity index (χ4n) is 2.72. The third kappa shape index (κ3) is 5.07. The van der Waals surface area contributed by atoms with Gasteiger partial charge in [-0.2, -0.15) is 0 Å². The second-order valence-corrected chi connectivity index (χ2v) is 8.18. The van der Waals surface area contributed by atoms with Gasteiger partial charge in [-0.3, -0.25) is 4.79 Å². The molecular formula is C22H18N4OS2. The highest BCUT2D eigenvalue weighted by Gasteiger charge is 2.08. The van der Waals surface area contributed by atoms with E-state index in [1.165, 1.54) is 28.7 Å². The number of thioether (sulfide) groups is 1. The maximum Gasteiger partial charge on any atom is 0.236 e. The van der Waals surface area contributed by atoms with Crippen LogP contribution in [0, 0.1) is 6.92 Å². The van der Waals surface area contributed by atoms with Crippen molar-refractivity contribution in [3.8, 4) is 22.4 Å². The normalized spacial score (nSPS) is 10.7. The first-order chi connectivity index (χ1) is 14.2. The maximum atomic E-state index is 12.0. The third-order valence-electron chi connectivity index (χ3n) is 4.14. The third-order valence-corrected chi connectivity index (χ3v) is 5.94. The van der Waals surface area contributed by atoms with Crippen LogP contribution in [0.1, 0.15) is 5.69 Å². The average Bonchev–Trinajstić information content (AvgIpc) is 3.18. The van der Waals surface area contributed by atoms with Crippen molar-refractivity contribution < 1.29 is 4.79 Å². The van der Waals surface area contributed by atoms with Crippen molar-refractivity contribution in [3.63, 3.8) is 0 Å². The molecule has 144 valence electrons. The van der Waals surface area contributed by atoms with E-state index in [9.17, 15) is 4.79 Å². The van der Waals surface area contributed by atoms with Crippen molar-refractivity contribution >= 4 is 34.1 Å². The zero-order valence-electron chi connectivity index (χ0n) is 15.7. The molecule has 7 heteroatoms. The number of thiazole rings is 1. The number of nitrogens with one attached hydrogen (secondary N) is 1. The predicted molar refractivity (Wildman–Crippen MR) is 119 cm³/mol. The van der Waals surface area contributed by atoms with E-state index < -0.39 is 0 Å². The number of rotatable bonds is 6. The van der Waals surface area contributed by atoms with Crippen molar-refractivity contribution in [2.75, 3.05) is 11.1 Å². The van der Waals surface area contributed by atoms with Crippen molar-refractivity contribution in [1.82, 2.24) is 15.2 Å². The van der Waals surface area contributed by atoms with Gasteiger partial charge in [0, 0.05) is 10.9 Å². The lowest BCUT2D eigenvalue weighted by Crippen LogP contribution is -2.14. The summed E-state index contributed by atoms with van der Waals surface area (Å²) in [7, 11) is 0. The largest absolute Gasteiger partial charge is 0.301 e. The molecule has 2 heterocycles. The number of carbonyl (C=O) groups excluding carboxylic acids is 1. The van der Waals surface area contributed by atoms with E-state index in [1.54, 1.807) is 0 Å². The molecule has 0 bridgehead atoms. The number of hydrogen-bond donors (Lipinski definition) is 1. The van der Waals surface area contributed by atoms with E-state index in [1.807, 2.05) is 54.8 Å². The van der Waals surface area contributed by atoms with Crippen LogP contribution >= 0.6 is 23.1 Å². The Morgan fingerprint density at radius 1 is 0.931 bits per heavy atom. The lowest BCUT2D eigenvalue weighted by Gasteiger charge is -2.05. The molecule has 2 aromatic carbocycles. The molecule has 0 aliphatic rings. The van der Waals surface area contributed by atoms with Gasteiger partial charge < -0.3 is 5.32 Å². The molecule has 0 aliphatic heterocycles. The Balaban J connectivity index is 1.35. The molecule has 0 spiro atoms. The zero-order valence-corrected chi connectivity index (χ0v) is 17.3. The van der Waals surface area contributed by atoms with Crippen LogP contribution in [-0.2, 0) is 4.79 Å². The molecule has 4 rings (SSSR count). The van der Waals surface area contributed by atoms with Crippen LogP contribution in [0.5, 0.6) is 0 Å². The molecule has 0 radical (unpaired) electrons. The Morgan fingerprint density at radius 3 is 2.31 bits per heavy atom. The van der Waals surface area contributed by atoms with Crippen molar-refractivity contribution in [2.45, 2.75) is 11.9 Å². The summed E-state index contributed by atoms with van der Waals surface area (Å²) >= 11 is 2.77. The summed E-state index contributed by atoms with van der Waals surface area (Å²) in [6, 6.07) is 22.3. The van der Waals surface area contributed by atoms with Crippen LogP contribution < -0.4 is 5.32 Å². The van der Waals surface area contributed by atoms with E-state index in [0.717, 1.165) is 22.5 Å². The molecular weight excluding hydrogens is 400 g/mol. The molecule has 0 fully saturated rings. The van der Waals surface area contributed by atoms with E-state index >= 15 is 0 Å². The van der Waals surface area contributed by atoms with Crippen LogP contribution in [-0.4, -0.2) is 26.8 Å². The first kappa shape index (κ1) is 19.3. The first-order valence-corrected chi connectivity index (χ1v) is 10.9. The molecule has 5 nitrogen and oxygen atoms in total. The van der Waals surface area contributed by atoms with Gasteiger partial charge in [0.1, 0.15) is 5.03 Å². The number of carbonyl (C=O) groups is 1. The monoisotopic (exact) mass is 418 g/mol. The van der Waals surface area contributed by atoms with Gasteiger partial charge in [0.25, 0.3) is 0 Å². The molecule has 29 heavy (non-hydrogen) atoms. The van der Waals surface area contributed by atoms with E-state index in [2.05, 4.69) is 44.8 Å². The Morgan fingerprint density at radius 2 is 1.66 bits per heavy atom. The number of benzene rings is 2. The first-order valence-electron chi connectivity index (χ1n) is 9.02. The van der Waals surface area contributed by atoms with E-state index in [0.29, 0.717) is 10.2 Å². The quantitative estimate of drug-likeness (QED) is 0.430. The summed E-state index contributed by atoms with van der Waals surface area (Å²) in [5, 5.41) is 14.6. The van der Waals surface area contributed by atoms with Crippen LogP contribution in [0.2, 0.25) is 0 Å². The minimum absolute atomic E-state index is 0.105. The molecule has 1 N–H and O–H groups in total. The molecule has 0 atom stereocenters. The topological polar surface area (TPSA) is 67.8 Å². The number of hydrogen-bond acceptors (Lipinski definition) is 6. The molecule has 2 aromatic heterocycles. The molecule has 0 saturated heterocycles. The molecule has 0 unspecified atom stereocenters. The van der Waals surface area contributed by atoms with E-state index in [-0.39, 0.29) is 11.7 Å². The second-order valence-electron chi connectivity index (χ2n) is 6.33. The summed E-state index contributed by atoms with van der Waals surface area (Å²) in [6.07, 6.45) is 0. The Bertz CT molecular complexity index is 1090. The van der Waals surface area contributed by atoms with Gasteiger partial charge in [0.15, 0.2) is 5.13 Å². The minimum atomic E-state index is -0.105. The summed E-state index contributed by atoms with van der Waals surface area (Å²) in [5.74, 6) is 0.157. The van der Waals surface area contributed by atoms with Crippen molar-refractivity contribution in [3.05, 3.63) is 77.8 Å². The molecule has 1 amide bonds. The van der Waals surface area contributed by atoms with Gasteiger partial charge in [-0.05, 0) is 30.2 Å². The van der Waals surface area contributed by atoms with Crippen molar-refractivity contribution in [1.29, 1.82) is 0 Å². The standard InChI is InChI=1S/C22H18N4OS2/c1-15-13-29-22(23-15)24-20(27)14-28-21-12-11-19(25-26-21)18-9-7-17(8-10-18)16-5-3-2-4-6-16/h2-13H,14H2,1H3,(H,23,24,27). The van der Waals surface area contributed by atoms with Gasteiger partial charge in [-0.25, -0.2) is 4.98 Å². The van der Waals surface area contributed by atoms with Crippen molar-refractivity contribution in [2.24, 2.45) is 0 Å². The molecule has 0 saturated carbocycles. The highest BCUT2D eigenvalue weighted by Crippen LogP contribution is 2.24. The van der Waals surface area contributed by atoms with E-state index in [4.69, 9.17) is 0 Å². The van der Waals surface area contributed by atoms with Gasteiger partial charge in [-0.1, -0.05) is 66.4 Å². The van der Waals surface area contributed by atoms with Crippen LogP contribution in [0.15, 0.2) is 77.1 Å². The number of aromatic nitrogens is 3. The lowest BCUT2D eigenvalue weighted by molar-refractivity contribution is -0.113. The summed E-state index contributed by atoms with van der Waals surface area (Å²) in [5.41, 5.74) is 5.05. The lowest BCUT2D eigenvalue weighted by atomic mass is 10.0. The zero-order chi connectivity index (χ0) is 20.1. The fourth-order valence-corrected chi connectivity index (χ4v) is 4.04. The SMILES string of the molecule is Cc1csc(NC(=O)CSc2ccc(-c3ccc(-c4ccccc4)cc3)nn2)n1. The second kappa shape index (κ2) is 8.98. The summed E-state index contributed by atoms with van der Waals surface area (Å²) in [6.45, 7) is 1.90. The van der Waals surface area contributed by atoms with Gasteiger partial charge >= 0.3 is 0 Å².